The summed E-state index contributed by atoms with van der Waals surface area (Å²) < 4.78 is 17.5. The molecule has 0 saturated carbocycles. The van der Waals surface area contributed by atoms with Crippen molar-refractivity contribution in [1.29, 1.82) is 0 Å². The molecule has 0 amide bonds. The average molecular weight is 305 g/mol. The second kappa shape index (κ2) is 11.1. The molecule has 1 N–H and O–H groups in total. The Labute approximate surface area is 124 Å². The van der Waals surface area contributed by atoms with E-state index in [9.17, 15) is 0 Å². The van der Waals surface area contributed by atoms with Crippen LogP contribution < -0.4 is 5.32 Å². The number of nitrogens with one attached hydrogen (secondary N) is 1. The highest BCUT2D eigenvalue weighted by molar-refractivity contribution is 6.60. The van der Waals surface area contributed by atoms with E-state index in [0.29, 0.717) is 19.8 Å². The van der Waals surface area contributed by atoms with Gasteiger partial charge in [-0.05, 0) is 27.2 Å². The van der Waals surface area contributed by atoms with E-state index in [1.165, 1.54) is 0 Å². The highest BCUT2D eigenvalue weighted by Gasteiger charge is 2.39. The molecule has 6 nitrogen and oxygen atoms in total. The summed E-state index contributed by atoms with van der Waals surface area (Å²) in [5, 5.41) is 3.30. The number of aliphatic imine (C=N–C) groups is 1. The SMILES string of the molecule is CCO[Si](CCCNC(=NC)N(C)C)(OCC)OCC. The van der Waals surface area contributed by atoms with Gasteiger partial charge in [0.25, 0.3) is 0 Å². The fourth-order valence-corrected chi connectivity index (χ4v) is 4.56. The Morgan fingerprint density at radius 1 is 1.05 bits per heavy atom. The summed E-state index contributed by atoms with van der Waals surface area (Å²) >= 11 is 0. The third-order valence-corrected chi connectivity index (χ3v) is 5.82. The molecule has 0 aliphatic rings. The molecular formula is C13H31N3O3Si. The zero-order chi connectivity index (χ0) is 15.4. The molecule has 0 fully saturated rings. The standard InChI is InChI=1S/C13H31N3O3Si/c1-7-17-20(18-8-2,19-9-3)12-10-11-15-13(14-4)16(5)6/h7-12H2,1-6H3,(H,14,15). The predicted octanol–water partition coefficient (Wildman–Crippen LogP) is 1.56. The van der Waals surface area contributed by atoms with Gasteiger partial charge in [-0.25, -0.2) is 0 Å². The van der Waals surface area contributed by atoms with Crippen LogP contribution in [0.5, 0.6) is 0 Å². The Morgan fingerprint density at radius 3 is 1.90 bits per heavy atom. The molecule has 0 aromatic rings. The number of hydrogen-bond donors (Lipinski definition) is 1. The van der Waals surface area contributed by atoms with Crippen LogP contribution in [-0.4, -0.2) is 67.2 Å². The Morgan fingerprint density at radius 2 is 1.55 bits per heavy atom. The summed E-state index contributed by atoms with van der Waals surface area (Å²) in [7, 11) is 3.22. The summed E-state index contributed by atoms with van der Waals surface area (Å²) in [4.78, 5) is 6.14. The van der Waals surface area contributed by atoms with E-state index >= 15 is 0 Å². The number of nitrogens with zero attached hydrogens (tertiary/aromatic N) is 2. The monoisotopic (exact) mass is 305 g/mol. The Kier molecular flexibility index (Phi) is 10.7. The maximum atomic E-state index is 5.82. The molecule has 0 aromatic carbocycles. The van der Waals surface area contributed by atoms with Crippen molar-refractivity contribution in [2.45, 2.75) is 33.2 Å². The topological polar surface area (TPSA) is 55.3 Å². The molecule has 0 radical (unpaired) electrons. The minimum absolute atomic E-state index is 0.624. The van der Waals surface area contributed by atoms with Gasteiger partial charge < -0.3 is 23.5 Å². The molecule has 0 aliphatic heterocycles. The van der Waals surface area contributed by atoms with Crippen molar-refractivity contribution in [1.82, 2.24) is 10.2 Å². The molecule has 0 atom stereocenters. The van der Waals surface area contributed by atoms with Crippen molar-refractivity contribution in [3.8, 4) is 0 Å². The van der Waals surface area contributed by atoms with Gasteiger partial charge in [-0.15, -0.1) is 0 Å². The lowest BCUT2D eigenvalue weighted by Gasteiger charge is -2.28. The van der Waals surface area contributed by atoms with Gasteiger partial charge in [0.15, 0.2) is 5.96 Å². The summed E-state index contributed by atoms with van der Waals surface area (Å²) in [5.74, 6) is 0.876. The summed E-state index contributed by atoms with van der Waals surface area (Å²) in [6.07, 6.45) is 0.930. The van der Waals surface area contributed by atoms with E-state index in [0.717, 1.165) is 25.0 Å². The van der Waals surface area contributed by atoms with Crippen LogP contribution in [0, 0.1) is 0 Å². The van der Waals surface area contributed by atoms with E-state index in [1.54, 1.807) is 7.05 Å². The lowest BCUT2D eigenvalue weighted by atomic mass is 10.5. The van der Waals surface area contributed by atoms with Gasteiger partial charge in [-0.2, -0.15) is 0 Å². The minimum Gasteiger partial charge on any atom is -0.374 e. The number of rotatable bonds is 10. The van der Waals surface area contributed by atoms with Crippen LogP contribution in [0.4, 0.5) is 0 Å². The van der Waals surface area contributed by atoms with Crippen molar-refractivity contribution >= 4 is 14.8 Å². The molecule has 0 spiro atoms. The smallest absolute Gasteiger partial charge is 0.374 e. The third-order valence-electron chi connectivity index (χ3n) is 2.67. The van der Waals surface area contributed by atoms with E-state index in [-0.39, 0.29) is 0 Å². The third kappa shape index (κ3) is 7.23. The van der Waals surface area contributed by atoms with Gasteiger partial charge >= 0.3 is 8.80 Å². The fraction of sp³-hybridized carbons (Fsp3) is 0.923. The van der Waals surface area contributed by atoms with Crippen LogP contribution in [0.3, 0.4) is 0 Å². The molecule has 20 heavy (non-hydrogen) atoms. The molecule has 0 unspecified atom stereocenters. The molecule has 7 heteroatoms. The molecule has 0 bridgehead atoms. The Hall–Kier alpha value is -0.633. The van der Waals surface area contributed by atoms with E-state index < -0.39 is 8.80 Å². The van der Waals surface area contributed by atoms with Crippen molar-refractivity contribution in [2.24, 2.45) is 4.99 Å². The van der Waals surface area contributed by atoms with E-state index in [4.69, 9.17) is 13.3 Å². The maximum absolute atomic E-state index is 5.82. The molecule has 0 saturated heterocycles. The van der Waals surface area contributed by atoms with E-state index in [2.05, 4.69) is 10.3 Å². The maximum Gasteiger partial charge on any atom is 0.500 e. The van der Waals surface area contributed by atoms with Crippen molar-refractivity contribution < 1.29 is 13.3 Å². The first kappa shape index (κ1) is 19.4. The number of hydrogen-bond acceptors (Lipinski definition) is 4. The first-order valence-corrected chi connectivity index (χ1v) is 9.28. The highest BCUT2D eigenvalue weighted by atomic mass is 28.4. The van der Waals surface area contributed by atoms with Crippen LogP contribution >= 0.6 is 0 Å². The quantitative estimate of drug-likeness (QED) is 0.287. The Balaban J connectivity index is 4.31. The van der Waals surface area contributed by atoms with Crippen molar-refractivity contribution in [3.63, 3.8) is 0 Å². The zero-order valence-corrected chi connectivity index (χ0v) is 14.9. The van der Waals surface area contributed by atoms with Gasteiger partial charge in [-0.1, -0.05) is 0 Å². The van der Waals surface area contributed by atoms with Gasteiger partial charge in [0.2, 0.25) is 0 Å². The van der Waals surface area contributed by atoms with Gasteiger partial charge in [0, 0.05) is 53.6 Å². The second-order valence-electron chi connectivity index (χ2n) is 4.45. The minimum atomic E-state index is -2.50. The normalized spacial score (nSPS) is 12.6. The summed E-state index contributed by atoms with van der Waals surface area (Å²) in [6.45, 7) is 8.63. The molecule has 0 rings (SSSR count). The average Bonchev–Trinajstić information content (AvgIpc) is 2.39. The highest BCUT2D eigenvalue weighted by Crippen LogP contribution is 2.17. The Bertz CT molecular complexity index is 259. The van der Waals surface area contributed by atoms with Crippen LogP contribution in [0.2, 0.25) is 6.04 Å². The van der Waals surface area contributed by atoms with Crippen LogP contribution in [0.15, 0.2) is 4.99 Å². The van der Waals surface area contributed by atoms with Crippen molar-refractivity contribution in [3.05, 3.63) is 0 Å². The largest absolute Gasteiger partial charge is 0.500 e. The van der Waals surface area contributed by atoms with Gasteiger partial charge in [-0.3, -0.25) is 4.99 Å². The summed E-state index contributed by atoms with van der Waals surface area (Å²) in [5.41, 5.74) is 0. The molecule has 0 heterocycles. The zero-order valence-electron chi connectivity index (χ0n) is 13.9. The van der Waals surface area contributed by atoms with E-state index in [1.807, 2.05) is 39.8 Å². The summed E-state index contributed by atoms with van der Waals surface area (Å²) in [6, 6.07) is 0.819. The van der Waals surface area contributed by atoms with Crippen LogP contribution in [0.25, 0.3) is 0 Å². The fourth-order valence-electron chi connectivity index (χ4n) is 1.94. The van der Waals surface area contributed by atoms with Crippen LogP contribution in [0.1, 0.15) is 27.2 Å². The van der Waals surface area contributed by atoms with Gasteiger partial charge in [0.1, 0.15) is 0 Å². The lowest BCUT2D eigenvalue weighted by molar-refractivity contribution is 0.0709. The predicted molar refractivity (Wildman–Crippen MR) is 85.1 cm³/mol. The first-order valence-electron chi connectivity index (χ1n) is 7.35. The molecule has 0 aromatic heterocycles. The molecule has 0 aliphatic carbocycles. The van der Waals surface area contributed by atoms with Crippen molar-refractivity contribution in [2.75, 3.05) is 47.5 Å². The molecule has 120 valence electrons. The first-order chi connectivity index (χ1) is 9.55. The lowest BCUT2D eigenvalue weighted by Crippen LogP contribution is -2.46. The second-order valence-corrected chi connectivity index (χ2v) is 7.19. The number of guanidine groups is 1. The van der Waals surface area contributed by atoms with Crippen LogP contribution in [-0.2, 0) is 13.3 Å². The molecular weight excluding hydrogens is 274 g/mol. The van der Waals surface area contributed by atoms with Gasteiger partial charge in [0.05, 0.1) is 0 Å².